The summed E-state index contributed by atoms with van der Waals surface area (Å²) in [4.78, 5) is 1.61. The minimum absolute atomic E-state index is 0. The summed E-state index contributed by atoms with van der Waals surface area (Å²) in [6.07, 6.45) is 5.97. The molecule has 23 heavy (non-hydrogen) atoms. The summed E-state index contributed by atoms with van der Waals surface area (Å²) in [5, 5.41) is 8.52. The highest BCUT2D eigenvalue weighted by Gasteiger charge is 2.24. The van der Waals surface area contributed by atoms with Crippen molar-refractivity contribution in [2.45, 2.75) is 38.0 Å². The Morgan fingerprint density at radius 2 is 1.83 bits per heavy atom. The molecule has 1 heterocycles. The lowest BCUT2D eigenvalue weighted by Crippen LogP contribution is -2.17. The molecule has 1 fully saturated rings. The van der Waals surface area contributed by atoms with Gasteiger partial charge in [-0.2, -0.15) is 0 Å². The van der Waals surface area contributed by atoms with Crippen molar-refractivity contribution in [2.75, 3.05) is 11.9 Å². The Morgan fingerprint density at radius 3 is 2.48 bits per heavy atom. The summed E-state index contributed by atoms with van der Waals surface area (Å²) in [5.74, 6) is 0.738. The molecule has 1 saturated carbocycles. The Balaban J connectivity index is 0.00000192. The van der Waals surface area contributed by atoms with Gasteiger partial charge >= 0.3 is 0 Å². The van der Waals surface area contributed by atoms with Gasteiger partial charge in [0, 0.05) is 26.1 Å². The number of nitrogens with zero attached hydrogens (tertiary/aromatic N) is 4. The van der Waals surface area contributed by atoms with Crippen molar-refractivity contribution in [2.24, 2.45) is 7.05 Å². The van der Waals surface area contributed by atoms with Crippen molar-refractivity contribution in [1.82, 2.24) is 14.8 Å². The zero-order chi connectivity index (χ0) is 15.7. The number of hydrogen-bond donors (Lipinski definition) is 0. The molecule has 126 valence electrons. The molecule has 0 atom stereocenters. The Hall–Kier alpha value is -1.69. The van der Waals surface area contributed by atoms with Gasteiger partial charge in [0.15, 0.2) is 0 Å². The Bertz CT molecular complexity index is 668. The van der Waals surface area contributed by atoms with Gasteiger partial charge in [-0.25, -0.2) is 8.78 Å². The van der Waals surface area contributed by atoms with Gasteiger partial charge in [-0.3, -0.25) is 4.57 Å². The lowest BCUT2D eigenvalue weighted by atomic mass is 9.89. The van der Waals surface area contributed by atoms with Gasteiger partial charge < -0.3 is 4.90 Å². The first-order valence-electron chi connectivity index (χ1n) is 7.66. The van der Waals surface area contributed by atoms with E-state index in [1.165, 1.54) is 31.4 Å². The van der Waals surface area contributed by atoms with Crippen LogP contribution < -0.4 is 4.90 Å². The molecule has 1 aliphatic rings. The molecule has 1 aromatic carbocycles. The first-order chi connectivity index (χ1) is 10.6. The van der Waals surface area contributed by atoms with Crippen molar-refractivity contribution in [3.63, 3.8) is 0 Å². The fourth-order valence-corrected chi connectivity index (χ4v) is 3.20. The van der Waals surface area contributed by atoms with Gasteiger partial charge in [0.1, 0.15) is 17.5 Å². The molecule has 4 nitrogen and oxygen atoms in total. The Labute approximate surface area is 140 Å². The van der Waals surface area contributed by atoms with E-state index in [0.29, 0.717) is 11.9 Å². The van der Waals surface area contributed by atoms with E-state index in [0.717, 1.165) is 24.7 Å². The minimum atomic E-state index is -0.607. The summed E-state index contributed by atoms with van der Waals surface area (Å²) >= 11 is 0. The second-order valence-electron chi connectivity index (χ2n) is 5.91. The molecule has 1 aliphatic carbocycles. The van der Waals surface area contributed by atoms with Crippen molar-refractivity contribution in [3.05, 3.63) is 35.7 Å². The first-order valence-corrected chi connectivity index (χ1v) is 7.66. The van der Waals surface area contributed by atoms with Gasteiger partial charge in [0.05, 0.1) is 5.69 Å². The number of rotatable bonds is 3. The normalized spacial score (nSPS) is 15.3. The molecule has 0 radical (unpaired) electrons. The number of anilines is 2. The van der Waals surface area contributed by atoms with E-state index in [9.17, 15) is 8.78 Å². The summed E-state index contributed by atoms with van der Waals surface area (Å²) in [5.41, 5.74) is 0.284. The molecule has 0 bridgehead atoms. The molecule has 0 N–H and O–H groups in total. The van der Waals surface area contributed by atoms with Crippen LogP contribution >= 0.6 is 12.4 Å². The maximum Gasteiger partial charge on any atom is 0.231 e. The molecule has 0 aliphatic heterocycles. The Kier molecular flexibility index (Phi) is 5.57. The standard InChI is InChI=1S/C16H20F2N4.ClH/c1-21(14-9-8-12(17)10-13(14)18)16-20-19-15(22(16)2)11-6-4-3-5-7-11;/h8-11H,3-7H2,1-2H3;1H. The first kappa shape index (κ1) is 17.7. The molecule has 7 heteroatoms. The molecular weight excluding hydrogens is 322 g/mol. The van der Waals surface area contributed by atoms with Crippen molar-refractivity contribution in [1.29, 1.82) is 0 Å². The van der Waals surface area contributed by atoms with Crippen LogP contribution in [0.25, 0.3) is 0 Å². The third-order valence-corrected chi connectivity index (χ3v) is 4.43. The van der Waals surface area contributed by atoms with Crippen LogP contribution in [0, 0.1) is 11.6 Å². The van der Waals surface area contributed by atoms with Gasteiger partial charge in [0.2, 0.25) is 5.95 Å². The maximum absolute atomic E-state index is 13.9. The highest BCUT2D eigenvalue weighted by molar-refractivity contribution is 5.85. The molecule has 0 spiro atoms. The lowest BCUT2D eigenvalue weighted by molar-refractivity contribution is 0.420. The monoisotopic (exact) mass is 342 g/mol. The number of halogens is 3. The van der Waals surface area contributed by atoms with Gasteiger partial charge in [-0.15, -0.1) is 22.6 Å². The van der Waals surface area contributed by atoms with Crippen LogP contribution in [-0.4, -0.2) is 21.8 Å². The van der Waals surface area contributed by atoms with Crippen molar-refractivity contribution < 1.29 is 8.78 Å². The van der Waals surface area contributed by atoms with Gasteiger partial charge in [-0.05, 0) is 25.0 Å². The predicted molar refractivity (Wildman–Crippen MR) is 88.5 cm³/mol. The smallest absolute Gasteiger partial charge is 0.231 e. The fraction of sp³-hybridized carbons (Fsp3) is 0.500. The molecule has 0 amide bonds. The summed E-state index contributed by atoms with van der Waals surface area (Å²) < 4.78 is 28.9. The zero-order valence-corrected chi connectivity index (χ0v) is 14.1. The maximum atomic E-state index is 13.9. The Morgan fingerprint density at radius 1 is 1.13 bits per heavy atom. The highest BCUT2D eigenvalue weighted by atomic mass is 35.5. The average molecular weight is 343 g/mol. The fourth-order valence-electron chi connectivity index (χ4n) is 3.20. The van der Waals surface area contributed by atoms with Gasteiger partial charge in [0.25, 0.3) is 0 Å². The van der Waals surface area contributed by atoms with Crippen molar-refractivity contribution >= 4 is 24.0 Å². The number of aromatic nitrogens is 3. The van der Waals surface area contributed by atoms with E-state index >= 15 is 0 Å². The van der Waals surface area contributed by atoms with Gasteiger partial charge in [-0.1, -0.05) is 19.3 Å². The highest BCUT2D eigenvalue weighted by Crippen LogP contribution is 2.33. The second kappa shape index (κ2) is 7.25. The summed E-state index contributed by atoms with van der Waals surface area (Å²) in [6.45, 7) is 0. The van der Waals surface area contributed by atoms with E-state index in [1.807, 2.05) is 11.6 Å². The van der Waals surface area contributed by atoms with Crippen LogP contribution in [0.5, 0.6) is 0 Å². The topological polar surface area (TPSA) is 34.0 Å². The number of benzene rings is 1. The van der Waals surface area contributed by atoms with E-state index in [2.05, 4.69) is 10.2 Å². The summed E-state index contributed by atoms with van der Waals surface area (Å²) in [6, 6.07) is 3.54. The zero-order valence-electron chi connectivity index (χ0n) is 13.3. The molecular formula is C16H21ClF2N4. The van der Waals surface area contributed by atoms with Crippen LogP contribution in [0.3, 0.4) is 0 Å². The third-order valence-electron chi connectivity index (χ3n) is 4.43. The predicted octanol–water partition coefficient (Wildman–Crippen LogP) is 4.33. The van der Waals surface area contributed by atoms with Crippen LogP contribution in [-0.2, 0) is 7.05 Å². The van der Waals surface area contributed by atoms with Crippen LogP contribution in [0.1, 0.15) is 43.8 Å². The molecule has 2 aromatic rings. The quantitative estimate of drug-likeness (QED) is 0.832. The van der Waals surface area contributed by atoms with E-state index in [4.69, 9.17) is 0 Å². The third kappa shape index (κ3) is 3.47. The van der Waals surface area contributed by atoms with Crippen LogP contribution in [0.2, 0.25) is 0 Å². The van der Waals surface area contributed by atoms with E-state index in [1.54, 1.807) is 11.9 Å². The molecule has 0 saturated heterocycles. The molecule has 0 unspecified atom stereocenters. The molecule has 1 aromatic heterocycles. The summed E-state index contributed by atoms with van der Waals surface area (Å²) in [7, 11) is 3.61. The number of hydrogen-bond acceptors (Lipinski definition) is 3. The van der Waals surface area contributed by atoms with Crippen LogP contribution in [0.4, 0.5) is 20.4 Å². The minimum Gasteiger partial charge on any atom is -0.311 e. The second-order valence-corrected chi connectivity index (χ2v) is 5.91. The molecule has 3 rings (SSSR count). The van der Waals surface area contributed by atoms with E-state index in [-0.39, 0.29) is 18.1 Å². The SMILES string of the molecule is CN(c1ccc(F)cc1F)c1nnc(C2CCCCC2)n1C.Cl. The van der Waals surface area contributed by atoms with E-state index < -0.39 is 11.6 Å². The average Bonchev–Trinajstić information content (AvgIpc) is 2.89. The van der Waals surface area contributed by atoms with Crippen molar-refractivity contribution in [3.8, 4) is 0 Å². The lowest BCUT2D eigenvalue weighted by Gasteiger charge is -2.22. The van der Waals surface area contributed by atoms with Crippen LogP contribution in [0.15, 0.2) is 18.2 Å². The largest absolute Gasteiger partial charge is 0.311 e.